The highest BCUT2D eigenvalue weighted by Gasteiger charge is 2.14. The minimum atomic E-state index is -0.451. The van der Waals surface area contributed by atoms with E-state index in [0.717, 1.165) is 6.42 Å². The van der Waals surface area contributed by atoms with Gasteiger partial charge < -0.3 is 20.4 Å². The summed E-state index contributed by atoms with van der Waals surface area (Å²) in [6.07, 6.45) is 2.77. The Balaban J connectivity index is 2.49. The number of nitrogens with one attached hydrogen (secondary N) is 1. The lowest BCUT2D eigenvalue weighted by Gasteiger charge is -2.09. The van der Waals surface area contributed by atoms with E-state index in [1.54, 1.807) is 16.8 Å². The molecule has 1 aromatic rings. The van der Waals surface area contributed by atoms with Crippen molar-refractivity contribution in [3.8, 4) is 0 Å². The Labute approximate surface area is 119 Å². The lowest BCUT2D eigenvalue weighted by Crippen LogP contribution is -2.31. The van der Waals surface area contributed by atoms with E-state index in [0.29, 0.717) is 17.9 Å². The first-order valence-electron chi connectivity index (χ1n) is 6.86. The number of carbonyl (C=O) groups excluding carboxylic acids is 2. The van der Waals surface area contributed by atoms with E-state index in [-0.39, 0.29) is 25.0 Å². The maximum atomic E-state index is 11.9. The number of nitrogens with two attached hydrogens (primary N) is 1. The zero-order valence-corrected chi connectivity index (χ0v) is 12.3. The smallest absolute Gasteiger partial charge is 0.355 e. The predicted molar refractivity (Wildman–Crippen MR) is 77.3 cm³/mol. The molecule has 1 rings (SSSR count). The van der Waals surface area contributed by atoms with Gasteiger partial charge in [-0.15, -0.1) is 0 Å². The van der Waals surface area contributed by atoms with Crippen LogP contribution in [0.3, 0.4) is 0 Å². The maximum absolute atomic E-state index is 11.9. The molecule has 3 N–H and O–H groups in total. The third-order valence-corrected chi connectivity index (χ3v) is 2.60. The molecule has 1 amide bonds. The van der Waals surface area contributed by atoms with Gasteiger partial charge in [0.1, 0.15) is 12.3 Å². The van der Waals surface area contributed by atoms with Gasteiger partial charge in [-0.1, -0.05) is 6.92 Å². The number of aromatic nitrogens is 1. The van der Waals surface area contributed by atoms with E-state index in [4.69, 9.17) is 10.5 Å². The Morgan fingerprint density at radius 2 is 2.15 bits per heavy atom. The summed E-state index contributed by atoms with van der Waals surface area (Å²) in [5, 5.41) is 2.74. The third kappa shape index (κ3) is 4.95. The molecule has 0 saturated heterocycles. The van der Waals surface area contributed by atoms with Crippen LogP contribution in [0.4, 0.5) is 5.69 Å². The third-order valence-electron chi connectivity index (χ3n) is 2.60. The molecule has 6 nitrogen and oxygen atoms in total. The first-order chi connectivity index (χ1) is 9.43. The summed E-state index contributed by atoms with van der Waals surface area (Å²) in [5.41, 5.74) is 6.64. The quantitative estimate of drug-likeness (QED) is 0.742. The highest BCUT2D eigenvalue weighted by Crippen LogP contribution is 2.12. The molecular weight excluding hydrogens is 258 g/mol. The minimum absolute atomic E-state index is 0.0641. The number of aryl methyl sites for hydroxylation is 1. The van der Waals surface area contributed by atoms with Crippen LogP contribution < -0.4 is 11.1 Å². The Hall–Kier alpha value is -1.98. The maximum Gasteiger partial charge on any atom is 0.355 e. The summed E-state index contributed by atoms with van der Waals surface area (Å²) in [6, 6.07) is 1.67. The lowest BCUT2D eigenvalue weighted by atomic mass is 10.3. The Bertz CT molecular complexity index is 466. The number of ether oxygens (including phenoxy) is 1. The Morgan fingerprint density at radius 3 is 2.75 bits per heavy atom. The van der Waals surface area contributed by atoms with Gasteiger partial charge >= 0.3 is 5.97 Å². The first-order valence-corrected chi connectivity index (χ1v) is 6.86. The van der Waals surface area contributed by atoms with Gasteiger partial charge in [-0.05, 0) is 26.3 Å². The van der Waals surface area contributed by atoms with Gasteiger partial charge in [-0.2, -0.15) is 0 Å². The van der Waals surface area contributed by atoms with E-state index < -0.39 is 5.97 Å². The van der Waals surface area contributed by atoms with Gasteiger partial charge in [0, 0.05) is 18.8 Å². The number of hydrogen-bond donors (Lipinski definition) is 2. The van der Waals surface area contributed by atoms with Crippen molar-refractivity contribution in [3.05, 3.63) is 18.0 Å². The van der Waals surface area contributed by atoms with Crippen molar-refractivity contribution >= 4 is 17.6 Å². The number of nitrogens with zero attached hydrogens (tertiary/aromatic N) is 1. The summed E-state index contributed by atoms with van der Waals surface area (Å²) in [6.45, 7) is 6.54. The van der Waals surface area contributed by atoms with Crippen molar-refractivity contribution in [3.63, 3.8) is 0 Å². The number of nitrogen functional groups attached to an aromatic ring is 1. The van der Waals surface area contributed by atoms with Gasteiger partial charge in [0.2, 0.25) is 5.91 Å². The van der Waals surface area contributed by atoms with Crippen molar-refractivity contribution in [2.75, 3.05) is 12.3 Å². The fraction of sp³-hybridized carbons (Fsp3) is 0.571. The number of hydrogen-bond acceptors (Lipinski definition) is 4. The lowest BCUT2D eigenvalue weighted by molar-refractivity contribution is -0.122. The Kier molecular flexibility index (Phi) is 6.09. The monoisotopic (exact) mass is 281 g/mol. The highest BCUT2D eigenvalue weighted by atomic mass is 16.5. The van der Waals surface area contributed by atoms with Crippen LogP contribution in [0.1, 0.15) is 44.1 Å². The molecule has 6 heteroatoms. The number of amides is 1. The minimum Gasteiger partial charge on any atom is -0.460 e. The van der Waals surface area contributed by atoms with Crippen LogP contribution in [-0.2, 0) is 16.1 Å². The van der Waals surface area contributed by atoms with E-state index in [9.17, 15) is 9.59 Å². The second-order valence-electron chi connectivity index (χ2n) is 4.96. The number of carbonyl (C=O) groups is 2. The molecule has 20 heavy (non-hydrogen) atoms. The van der Waals surface area contributed by atoms with Crippen molar-refractivity contribution in [2.24, 2.45) is 0 Å². The second-order valence-corrected chi connectivity index (χ2v) is 4.96. The van der Waals surface area contributed by atoms with E-state index in [1.807, 2.05) is 20.8 Å². The Morgan fingerprint density at radius 1 is 1.45 bits per heavy atom. The molecule has 0 fully saturated rings. The summed E-state index contributed by atoms with van der Waals surface area (Å²) in [5.74, 6) is -0.580. The van der Waals surface area contributed by atoms with Crippen LogP contribution in [-0.4, -0.2) is 29.1 Å². The van der Waals surface area contributed by atoms with Crippen LogP contribution in [0.15, 0.2) is 12.3 Å². The van der Waals surface area contributed by atoms with Crippen molar-refractivity contribution in [1.82, 2.24) is 9.88 Å². The van der Waals surface area contributed by atoms with E-state index in [1.165, 1.54) is 0 Å². The fourth-order valence-corrected chi connectivity index (χ4v) is 1.83. The predicted octanol–water partition coefficient (Wildman–Crippen LogP) is 1.55. The van der Waals surface area contributed by atoms with Gasteiger partial charge in [-0.25, -0.2) is 4.79 Å². The summed E-state index contributed by atoms with van der Waals surface area (Å²) >= 11 is 0. The van der Waals surface area contributed by atoms with Gasteiger partial charge in [0.25, 0.3) is 0 Å². The SMILES string of the molecule is CCCn1cc(N)cc1C(=O)OCCC(=O)NC(C)C. The van der Waals surface area contributed by atoms with Crippen LogP contribution >= 0.6 is 0 Å². The molecule has 0 spiro atoms. The van der Waals surface area contributed by atoms with Crippen molar-refractivity contribution in [2.45, 2.75) is 46.2 Å². The van der Waals surface area contributed by atoms with Crippen LogP contribution in [0, 0.1) is 0 Å². The molecule has 0 bridgehead atoms. The molecule has 0 aliphatic heterocycles. The molecule has 1 aromatic heterocycles. The molecule has 0 radical (unpaired) electrons. The van der Waals surface area contributed by atoms with E-state index >= 15 is 0 Å². The van der Waals surface area contributed by atoms with Crippen molar-refractivity contribution in [1.29, 1.82) is 0 Å². The zero-order valence-electron chi connectivity index (χ0n) is 12.3. The molecule has 0 aliphatic carbocycles. The van der Waals surface area contributed by atoms with Crippen LogP contribution in [0.2, 0.25) is 0 Å². The molecule has 0 unspecified atom stereocenters. The normalized spacial score (nSPS) is 10.6. The zero-order chi connectivity index (χ0) is 15.1. The van der Waals surface area contributed by atoms with E-state index in [2.05, 4.69) is 5.32 Å². The van der Waals surface area contributed by atoms with Crippen molar-refractivity contribution < 1.29 is 14.3 Å². The molecule has 112 valence electrons. The highest BCUT2D eigenvalue weighted by molar-refractivity contribution is 5.89. The second kappa shape index (κ2) is 7.57. The molecule has 1 heterocycles. The topological polar surface area (TPSA) is 86.3 Å². The molecular formula is C14H23N3O3. The average Bonchev–Trinajstić information content (AvgIpc) is 2.69. The largest absolute Gasteiger partial charge is 0.460 e. The van der Waals surface area contributed by atoms with Gasteiger partial charge in [-0.3, -0.25) is 4.79 Å². The summed E-state index contributed by atoms with van der Waals surface area (Å²) in [7, 11) is 0. The molecule has 0 aliphatic rings. The number of anilines is 1. The van der Waals surface area contributed by atoms with Crippen LogP contribution in [0.25, 0.3) is 0 Å². The standard InChI is InChI=1S/C14H23N3O3/c1-4-6-17-9-11(15)8-12(17)14(19)20-7-5-13(18)16-10(2)3/h8-10H,4-7,15H2,1-3H3,(H,16,18). The fourth-order valence-electron chi connectivity index (χ4n) is 1.83. The summed E-state index contributed by atoms with van der Waals surface area (Å²) < 4.78 is 6.87. The first kappa shape index (κ1) is 16.1. The van der Waals surface area contributed by atoms with Gasteiger partial charge in [0.05, 0.1) is 12.1 Å². The number of rotatable bonds is 7. The number of esters is 1. The summed E-state index contributed by atoms with van der Waals surface area (Å²) in [4.78, 5) is 23.3. The molecule has 0 saturated carbocycles. The van der Waals surface area contributed by atoms with Crippen LogP contribution in [0.5, 0.6) is 0 Å². The van der Waals surface area contributed by atoms with Gasteiger partial charge in [0.15, 0.2) is 0 Å². The molecule has 0 atom stereocenters. The molecule has 0 aromatic carbocycles. The average molecular weight is 281 g/mol.